The van der Waals surface area contributed by atoms with Crippen molar-refractivity contribution < 1.29 is 9.59 Å². The van der Waals surface area contributed by atoms with E-state index in [-0.39, 0.29) is 11.8 Å². The maximum absolute atomic E-state index is 13.2. The Morgan fingerprint density at radius 1 is 1.27 bits per heavy atom. The van der Waals surface area contributed by atoms with Gasteiger partial charge in [0.25, 0.3) is 5.91 Å². The van der Waals surface area contributed by atoms with Crippen LogP contribution in [0.4, 0.5) is 10.8 Å². The van der Waals surface area contributed by atoms with Gasteiger partial charge in [-0.2, -0.15) is 0 Å². The first-order valence-electron chi connectivity index (χ1n) is 8.37. The molecule has 0 radical (unpaired) electrons. The molecule has 2 aliphatic rings. The molecule has 26 heavy (non-hydrogen) atoms. The van der Waals surface area contributed by atoms with Crippen molar-refractivity contribution >= 4 is 55.9 Å². The van der Waals surface area contributed by atoms with E-state index >= 15 is 0 Å². The zero-order chi connectivity index (χ0) is 17.9. The van der Waals surface area contributed by atoms with E-state index in [1.165, 1.54) is 23.1 Å². The second-order valence-corrected chi connectivity index (χ2v) is 8.88. The van der Waals surface area contributed by atoms with Gasteiger partial charge in [-0.3, -0.25) is 19.8 Å². The standard InChI is InChI=1S/C19H15N3O2S2/c1-11-6-7-12-15(10-11)25-18(20-12)21-17(24)19-9-8-16(23)22(19)13-4-2-3-5-14(13)26-19/h2-7,10H,8-9H2,1H3,(H,20,21,24)/t19-/m1/s1. The van der Waals surface area contributed by atoms with Gasteiger partial charge < -0.3 is 0 Å². The molecule has 1 aromatic heterocycles. The summed E-state index contributed by atoms with van der Waals surface area (Å²) in [4.78, 5) is 31.9. The third-order valence-electron chi connectivity index (χ3n) is 4.79. The molecule has 0 unspecified atom stereocenters. The quantitative estimate of drug-likeness (QED) is 0.724. The van der Waals surface area contributed by atoms with E-state index in [2.05, 4.69) is 16.4 Å². The van der Waals surface area contributed by atoms with Gasteiger partial charge in [-0.1, -0.05) is 41.3 Å². The van der Waals surface area contributed by atoms with Crippen LogP contribution >= 0.6 is 23.1 Å². The van der Waals surface area contributed by atoms with Crippen LogP contribution in [0.15, 0.2) is 47.4 Å². The van der Waals surface area contributed by atoms with Gasteiger partial charge in [0.05, 0.1) is 15.9 Å². The Hall–Kier alpha value is -2.38. The molecule has 1 N–H and O–H groups in total. The highest BCUT2D eigenvalue weighted by molar-refractivity contribution is 8.02. The maximum Gasteiger partial charge on any atom is 0.263 e. The highest BCUT2D eigenvalue weighted by Gasteiger charge is 2.57. The average molecular weight is 381 g/mol. The smallest absolute Gasteiger partial charge is 0.263 e. The molecule has 2 aliphatic heterocycles. The number of amides is 2. The summed E-state index contributed by atoms with van der Waals surface area (Å²) in [7, 11) is 0. The van der Waals surface area contributed by atoms with E-state index in [1.54, 1.807) is 4.90 Å². The molecule has 2 amide bonds. The summed E-state index contributed by atoms with van der Waals surface area (Å²) in [6.45, 7) is 2.03. The second-order valence-electron chi connectivity index (χ2n) is 6.53. The van der Waals surface area contributed by atoms with Crippen LogP contribution in [0.3, 0.4) is 0 Å². The van der Waals surface area contributed by atoms with Gasteiger partial charge in [-0.15, -0.1) is 0 Å². The molecule has 0 aliphatic carbocycles. The molecule has 5 nitrogen and oxygen atoms in total. The number of nitrogens with one attached hydrogen (secondary N) is 1. The minimum absolute atomic E-state index is 0.00229. The first-order chi connectivity index (χ1) is 12.6. The Labute approximate surface area is 158 Å². The van der Waals surface area contributed by atoms with Crippen LogP contribution < -0.4 is 10.2 Å². The van der Waals surface area contributed by atoms with E-state index in [1.807, 2.05) is 43.3 Å². The zero-order valence-electron chi connectivity index (χ0n) is 14.0. The number of anilines is 2. The van der Waals surface area contributed by atoms with Crippen molar-refractivity contribution in [3.05, 3.63) is 48.0 Å². The fourth-order valence-corrected chi connectivity index (χ4v) is 5.95. The highest BCUT2D eigenvalue weighted by Crippen LogP contribution is 2.56. The summed E-state index contributed by atoms with van der Waals surface area (Å²) < 4.78 is 1.04. The second kappa shape index (κ2) is 5.56. The maximum atomic E-state index is 13.2. The van der Waals surface area contributed by atoms with Crippen LogP contribution in [0.1, 0.15) is 18.4 Å². The summed E-state index contributed by atoms with van der Waals surface area (Å²) in [5.41, 5.74) is 2.86. The number of nitrogens with zero attached hydrogens (tertiary/aromatic N) is 2. The van der Waals surface area contributed by atoms with Crippen molar-refractivity contribution in [1.82, 2.24) is 4.98 Å². The van der Waals surface area contributed by atoms with Crippen LogP contribution in [-0.2, 0) is 9.59 Å². The largest absolute Gasteiger partial charge is 0.299 e. The fourth-order valence-electron chi connectivity index (χ4n) is 3.58. The number of hydrogen-bond acceptors (Lipinski definition) is 5. The molecular formula is C19H15N3O2S2. The number of thioether (sulfide) groups is 1. The number of hydrogen-bond donors (Lipinski definition) is 1. The molecule has 1 fully saturated rings. The van der Waals surface area contributed by atoms with Crippen molar-refractivity contribution in [3.8, 4) is 0 Å². The SMILES string of the molecule is Cc1ccc2nc(NC(=O)[C@]34CCC(=O)N3c3ccccc3S4)sc2c1. The van der Waals surface area contributed by atoms with Crippen molar-refractivity contribution in [3.63, 3.8) is 0 Å². The van der Waals surface area contributed by atoms with Gasteiger partial charge in [-0.05, 0) is 43.2 Å². The van der Waals surface area contributed by atoms with Crippen molar-refractivity contribution in [2.45, 2.75) is 29.5 Å². The normalized spacial score (nSPS) is 21.1. The van der Waals surface area contributed by atoms with Gasteiger partial charge >= 0.3 is 0 Å². The summed E-state index contributed by atoms with van der Waals surface area (Å²) in [6, 6.07) is 13.7. The molecule has 0 bridgehead atoms. The first-order valence-corrected chi connectivity index (χ1v) is 10.00. The lowest BCUT2D eigenvalue weighted by molar-refractivity contribution is -0.121. The molecule has 1 saturated heterocycles. The van der Waals surface area contributed by atoms with E-state index < -0.39 is 4.87 Å². The van der Waals surface area contributed by atoms with Crippen molar-refractivity contribution in [2.24, 2.45) is 0 Å². The van der Waals surface area contributed by atoms with E-state index in [0.29, 0.717) is 18.0 Å². The molecule has 7 heteroatoms. The predicted molar refractivity (Wildman–Crippen MR) is 105 cm³/mol. The van der Waals surface area contributed by atoms with Crippen LogP contribution in [0.25, 0.3) is 10.2 Å². The molecule has 130 valence electrons. The molecule has 3 aromatic rings. The van der Waals surface area contributed by atoms with Gasteiger partial charge in [0.1, 0.15) is 0 Å². The van der Waals surface area contributed by atoms with Crippen LogP contribution in [-0.4, -0.2) is 21.7 Å². The van der Waals surface area contributed by atoms with Crippen molar-refractivity contribution in [1.29, 1.82) is 0 Å². The van der Waals surface area contributed by atoms with Gasteiger partial charge in [-0.25, -0.2) is 4.98 Å². The zero-order valence-corrected chi connectivity index (χ0v) is 15.6. The summed E-state index contributed by atoms with van der Waals surface area (Å²) in [5, 5.41) is 3.53. The summed E-state index contributed by atoms with van der Waals surface area (Å²) >= 11 is 2.92. The third-order valence-corrected chi connectivity index (χ3v) is 7.20. The minimum Gasteiger partial charge on any atom is -0.299 e. The number of carbonyl (C=O) groups is 2. The van der Waals surface area contributed by atoms with Crippen LogP contribution in [0, 0.1) is 6.92 Å². The lowest BCUT2D eigenvalue weighted by atomic mass is 10.2. The van der Waals surface area contributed by atoms with E-state index in [0.717, 1.165) is 26.4 Å². The molecule has 2 aromatic carbocycles. The topological polar surface area (TPSA) is 62.3 Å². The minimum atomic E-state index is -0.908. The Bertz CT molecular complexity index is 1080. The van der Waals surface area contributed by atoms with Crippen LogP contribution in [0.5, 0.6) is 0 Å². The van der Waals surface area contributed by atoms with Crippen LogP contribution in [0.2, 0.25) is 0 Å². The average Bonchev–Trinajstić information content (AvgIpc) is 3.26. The lowest BCUT2D eigenvalue weighted by Crippen LogP contribution is -2.49. The Kier molecular flexibility index (Phi) is 3.39. The molecular weight excluding hydrogens is 366 g/mol. The molecule has 3 heterocycles. The fraction of sp³-hybridized carbons (Fsp3) is 0.211. The lowest BCUT2D eigenvalue weighted by Gasteiger charge is -2.29. The Morgan fingerprint density at radius 2 is 2.12 bits per heavy atom. The predicted octanol–water partition coefficient (Wildman–Crippen LogP) is 4.17. The number of fused-ring (bicyclic) bond motifs is 4. The summed E-state index contributed by atoms with van der Waals surface area (Å²) in [5.74, 6) is -0.183. The Morgan fingerprint density at radius 3 is 3.00 bits per heavy atom. The number of benzene rings is 2. The Balaban J connectivity index is 1.50. The van der Waals surface area contributed by atoms with E-state index in [9.17, 15) is 9.59 Å². The number of carbonyl (C=O) groups excluding carboxylic acids is 2. The molecule has 0 spiro atoms. The number of aryl methyl sites for hydroxylation is 1. The summed E-state index contributed by atoms with van der Waals surface area (Å²) in [6.07, 6.45) is 0.884. The number of aromatic nitrogens is 1. The number of para-hydroxylation sites is 1. The van der Waals surface area contributed by atoms with Gasteiger partial charge in [0.2, 0.25) is 5.91 Å². The molecule has 0 saturated carbocycles. The highest BCUT2D eigenvalue weighted by atomic mass is 32.2. The monoisotopic (exact) mass is 381 g/mol. The first kappa shape index (κ1) is 15.8. The number of rotatable bonds is 2. The third kappa shape index (κ3) is 2.20. The van der Waals surface area contributed by atoms with Crippen molar-refractivity contribution in [2.75, 3.05) is 10.2 Å². The molecule has 1 atom stereocenters. The number of thiazole rings is 1. The van der Waals surface area contributed by atoms with E-state index in [4.69, 9.17) is 0 Å². The van der Waals surface area contributed by atoms with Gasteiger partial charge in [0, 0.05) is 11.3 Å². The molecule has 5 rings (SSSR count). The van der Waals surface area contributed by atoms with Gasteiger partial charge in [0.15, 0.2) is 10.0 Å².